The molecule has 0 spiro atoms. The second kappa shape index (κ2) is 6.41. The molecule has 3 heterocycles. The molecule has 6 heteroatoms. The van der Waals surface area contributed by atoms with Crippen molar-refractivity contribution in [2.45, 2.75) is 13.5 Å². The van der Waals surface area contributed by atoms with Crippen molar-refractivity contribution in [2.75, 3.05) is 43.0 Å². The highest BCUT2D eigenvalue weighted by molar-refractivity contribution is 7.13. The number of anilines is 2. The number of pyridine rings is 1. The lowest BCUT2D eigenvalue weighted by molar-refractivity contribution is 0.647. The normalized spacial score (nSPS) is 15.5. The molecule has 0 unspecified atom stereocenters. The zero-order chi connectivity index (χ0) is 14.7. The van der Waals surface area contributed by atoms with Gasteiger partial charge in [-0.2, -0.15) is 0 Å². The Morgan fingerprint density at radius 1 is 1.19 bits per heavy atom. The van der Waals surface area contributed by atoms with E-state index in [1.165, 1.54) is 11.3 Å². The summed E-state index contributed by atoms with van der Waals surface area (Å²) in [5.74, 6) is 0. The fourth-order valence-electron chi connectivity index (χ4n) is 2.71. The van der Waals surface area contributed by atoms with Crippen LogP contribution in [0, 0.1) is 6.92 Å². The van der Waals surface area contributed by atoms with E-state index >= 15 is 0 Å². The van der Waals surface area contributed by atoms with Gasteiger partial charge in [-0.25, -0.2) is 4.98 Å². The predicted molar refractivity (Wildman–Crippen MR) is 88.3 cm³/mol. The Labute approximate surface area is 129 Å². The van der Waals surface area contributed by atoms with Crippen molar-refractivity contribution >= 4 is 22.2 Å². The number of nitrogens with zero attached hydrogens (tertiary/aromatic N) is 4. The van der Waals surface area contributed by atoms with Crippen LogP contribution < -0.4 is 15.1 Å². The Hall–Kier alpha value is -1.66. The summed E-state index contributed by atoms with van der Waals surface area (Å²) >= 11 is 1.72. The highest BCUT2D eigenvalue weighted by Crippen LogP contribution is 2.25. The zero-order valence-electron chi connectivity index (χ0n) is 12.5. The van der Waals surface area contributed by atoms with Crippen LogP contribution in [-0.2, 0) is 6.54 Å². The molecule has 0 saturated carbocycles. The average Bonchev–Trinajstić information content (AvgIpc) is 3.04. The lowest BCUT2D eigenvalue weighted by atomic mass is 10.1. The van der Waals surface area contributed by atoms with Gasteiger partial charge in [-0.05, 0) is 20.0 Å². The number of aromatic nitrogens is 2. The minimum Gasteiger partial charge on any atom is -0.368 e. The SMILES string of the molecule is CNCc1cnc(C)cc1N1CCN(c2nccs2)CC1. The summed E-state index contributed by atoms with van der Waals surface area (Å²) in [6, 6.07) is 2.20. The number of thiazole rings is 1. The molecule has 1 fully saturated rings. The predicted octanol–water partition coefficient (Wildman–Crippen LogP) is 1.89. The summed E-state index contributed by atoms with van der Waals surface area (Å²) in [4.78, 5) is 13.7. The van der Waals surface area contributed by atoms with Gasteiger partial charge in [0.25, 0.3) is 0 Å². The molecule has 0 aliphatic carbocycles. The minimum atomic E-state index is 0.856. The molecule has 2 aromatic heterocycles. The second-order valence-corrected chi connectivity index (χ2v) is 6.15. The van der Waals surface area contributed by atoms with Crippen LogP contribution in [0.5, 0.6) is 0 Å². The highest BCUT2D eigenvalue weighted by atomic mass is 32.1. The molecule has 1 saturated heterocycles. The smallest absolute Gasteiger partial charge is 0.185 e. The molecular formula is C15H21N5S. The van der Waals surface area contributed by atoms with Gasteiger partial charge in [0, 0.05) is 67.4 Å². The van der Waals surface area contributed by atoms with Gasteiger partial charge < -0.3 is 15.1 Å². The van der Waals surface area contributed by atoms with Crippen LogP contribution in [0.4, 0.5) is 10.8 Å². The summed E-state index contributed by atoms with van der Waals surface area (Å²) in [5.41, 5.74) is 3.66. The van der Waals surface area contributed by atoms with Gasteiger partial charge in [0.05, 0.1) is 0 Å². The Morgan fingerprint density at radius 3 is 2.62 bits per heavy atom. The maximum atomic E-state index is 4.42. The van der Waals surface area contributed by atoms with Crippen LogP contribution in [0.2, 0.25) is 0 Å². The Morgan fingerprint density at radius 2 is 1.95 bits per heavy atom. The Bertz CT molecular complexity index is 576. The van der Waals surface area contributed by atoms with Crippen molar-refractivity contribution in [3.05, 3.63) is 35.1 Å². The molecule has 5 nitrogen and oxygen atoms in total. The number of nitrogens with one attached hydrogen (secondary N) is 1. The zero-order valence-corrected chi connectivity index (χ0v) is 13.4. The van der Waals surface area contributed by atoms with E-state index in [0.29, 0.717) is 0 Å². The van der Waals surface area contributed by atoms with E-state index in [1.807, 2.05) is 24.8 Å². The van der Waals surface area contributed by atoms with Gasteiger partial charge in [-0.15, -0.1) is 11.3 Å². The van der Waals surface area contributed by atoms with Crippen molar-refractivity contribution in [1.29, 1.82) is 0 Å². The number of hydrogen-bond donors (Lipinski definition) is 1. The van der Waals surface area contributed by atoms with E-state index < -0.39 is 0 Å². The van der Waals surface area contributed by atoms with Gasteiger partial charge in [-0.3, -0.25) is 4.98 Å². The van der Waals surface area contributed by atoms with Crippen LogP contribution in [0.15, 0.2) is 23.8 Å². The summed E-state index contributed by atoms with van der Waals surface area (Å²) in [6.07, 6.45) is 3.87. The molecule has 3 rings (SSSR count). The second-order valence-electron chi connectivity index (χ2n) is 5.27. The number of piperazine rings is 1. The summed E-state index contributed by atoms with van der Waals surface area (Å²) in [6.45, 7) is 7.01. The maximum absolute atomic E-state index is 4.42. The summed E-state index contributed by atoms with van der Waals surface area (Å²) in [7, 11) is 1.98. The van der Waals surface area contributed by atoms with Gasteiger partial charge in [-0.1, -0.05) is 0 Å². The van der Waals surface area contributed by atoms with Gasteiger partial charge in [0.2, 0.25) is 0 Å². The molecule has 0 radical (unpaired) electrons. The first-order valence-corrected chi connectivity index (χ1v) is 8.15. The molecule has 2 aromatic rings. The van der Waals surface area contributed by atoms with Crippen molar-refractivity contribution in [3.8, 4) is 0 Å². The minimum absolute atomic E-state index is 0.856. The molecule has 1 aliphatic heterocycles. The van der Waals surface area contributed by atoms with Crippen LogP contribution in [0.1, 0.15) is 11.3 Å². The highest BCUT2D eigenvalue weighted by Gasteiger charge is 2.20. The molecule has 0 aromatic carbocycles. The van der Waals surface area contributed by atoms with Crippen molar-refractivity contribution < 1.29 is 0 Å². The van der Waals surface area contributed by atoms with Crippen LogP contribution in [0.25, 0.3) is 0 Å². The number of hydrogen-bond acceptors (Lipinski definition) is 6. The van der Waals surface area contributed by atoms with Crippen molar-refractivity contribution in [1.82, 2.24) is 15.3 Å². The molecule has 0 amide bonds. The third-order valence-corrected chi connectivity index (χ3v) is 4.61. The van der Waals surface area contributed by atoms with Gasteiger partial charge in [0.1, 0.15) is 0 Å². The maximum Gasteiger partial charge on any atom is 0.185 e. The number of rotatable bonds is 4. The van der Waals surface area contributed by atoms with Crippen LogP contribution >= 0.6 is 11.3 Å². The van der Waals surface area contributed by atoms with E-state index in [0.717, 1.165) is 43.5 Å². The first kappa shape index (κ1) is 14.3. The van der Waals surface area contributed by atoms with E-state index in [-0.39, 0.29) is 0 Å². The van der Waals surface area contributed by atoms with E-state index in [9.17, 15) is 0 Å². The molecule has 0 atom stereocenters. The molecule has 1 aliphatic rings. The largest absolute Gasteiger partial charge is 0.368 e. The fraction of sp³-hybridized carbons (Fsp3) is 0.467. The van der Waals surface area contributed by atoms with Gasteiger partial charge >= 0.3 is 0 Å². The number of aryl methyl sites for hydroxylation is 1. The van der Waals surface area contributed by atoms with E-state index in [4.69, 9.17) is 0 Å². The van der Waals surface area contributed by atoms with Crippen molar-refractivity contribution in [3.63, 3.8) is 0 Å². The van der Waals surface area contributed by atoms with Crippen molar-refractivity contribution in [2.24, 2.45) is 0 Å². The van der Waals surface area contributed by atoms with E-state index in [2.05, 4.69) is 38.1 Å². The molecule has 1 N–H and O–H groups in total. The molecule has 0 bridgehead atoms. The standard InChI is InChI=1S/C15H21N5S/c1-12-9-14(13(10-16-2)11-18-12)19-4-6-20(7-5-19)15-17-3-8-21-15/h3,8-9,11,16H,4-7,10H2,1-2H3. The summed E-state index contributed by atoms with van der Waals surface area (Å²) < 4.78 is 0. The Balaban J connectivity index is 1.73. The van der Waals surface area contributed by atoms with E-state index in [1.54, 1.807) is 11.3 Å². The quantitative estimate of drug-likeness (QED) is 0.934. The molecule has 21 heavy (non-hydrogen) atoms. The monoisotopic (exact) mass is 303 g/mol. The topological polar surface area (TPSA) is 44.3 Å². The first-order chi connectivity index (χ1) is 10.3. The average molecular weight is 303 g/mol. The lowest BCUT2D eigenvalue weighted by Gasteiger charge is -2.37. The van der Waals surface area contributed by atoms with Crippen LogP contribution in [-0.4, -0.2) is 43.2 Å². The fourth-order valence-corrected chi connectivity index (χ4v) is 3.40. The molecule has 112 valence electrons. The molecular weight excluding hydrogens is 282 g/mol. The third kappa shape index (κ3) is 3.16. The Kier molecular flexibility index (Phi) is 4.36. The summed E-state index contributed by atoms with van der Waals surface area (Å²) in [5, 5.41) is 6.40. The van der Waals surface area contributed by atoms with Gasteiger partial charge in [0.15, 0.2) is 5.13 Å². The first-order valence-electron chi connectivity index (χ1n) is 7.27. The third-order valence-electron chi connectivity index (χ3n) is 3.78. The lowest BCUT2D eigenvalue weighted by Crippen LogP contribution is -2.47. The van der Waals surface area contributed by atoms with Crippen LogP contribution in [0.3, 0.4) is 0 Å².